The third-order valence-corrected chi connectivity index (χ3v) is 3.62. The third-order valence-electron chi connectivity index (χ3n) is 3.62. The number of hydrogen-bond donors (Lipinski definition) is 0. The molecule has 1 saturated heterocycles. The summed E-state index contributed by atoms with van der Waals surface area (Å²) in [6.07, 6.45) is 4.40. The van der Waals surface area contributed by atoms with Gasteiger partial charge in [-0.1, -0.05) is 0 Å². The Morgan fingerprint density at radius 3 is 2.71 bits per heavy atom. The molecular weight excluding hydrogens is 266 g/mol. The molecule has 1 aliphatic heterocycles. The fraction of sp³-hybridized carbons (Fsp3) is 0.625. The van der Waals surface area contributed by atoms with Crippen LogP contribution in [0.25, 0.3) is 0 Å². The first kappa shape index (κ1) is 15.8. The van der Waals surface area contributed by atoms with Crippen molar-refractivity contribution < 1.29 is 9.53 Å². The fourth-order valence-electron chi connectivity index (χ4n) is 2.50. The van der Waals surface area contributed by atoms with Gasteiger partial charge < -0.3 is 9.64 Å². The molecular formula is C16H25N3O2. The molecule has 0 bridgehead atoms. The lowest BCUT2D eigenvalue weighted by Gasteiger charge is -2.26. The average molecular weight is 291 g/mol. The Hall–Kier alpha value is -1.62. The molecule has 0 saturated carbocycles. The lowest BCUT2D eigenvalue weighted by Crippen LogP contribution is -2.38. The molecule has 2 heterocycles. The second-order valence-corrected chi connectivity index (χ2v) is 6.64. The van der Waals surface area contributed by atoms with Gasteiger partial charge in [0.25, 0.3) is 0 Å². The molecule has 0 spiro atoms. The van der Waals surface area contributed by atoms with Crippen LogP contribution in [0.4, 0.5) is 4.79 Å². The number of carbonyl (C=O) groups excluding carboxylic acids is 1. The predicted octanol–water partition coefficient (Wildman–Crippen LogP) is 2.52. The Bertz CT molecular complexity index is 470. The number of aromatic nitrogens is 1. The quantitative estimate of drug-likeness (QED) is 0.858. The fourth-order valence-corrected chi connectivity index (χ4v) is 2.50. The van der Waals surface area contributed by atoms with E-state index in [1.807, 2.05) is 45.3 Å². The number of hydrogen-bond acceptors (Lipinski definition) is 4. The molecule has 2 rings (SSSR count). The van der Waals surface area contributed by atoms with Gasteiger partial charge >= 0.3 is 6.09 Å². The van der Waals surface area contributed by atoms with Crippen LogP contribution in [0.3, 0.4) is 0 Å². The molecule has 1 aromatic rings. The molecule has 1 fully saturated rings. The molecule has 5 heteroatoms. The third kappa shape index (κ3) is 4.70. The van der Waals surface area contributed by atoms with Crippen molar-refractivity contribution in [1.29, 1.82) is 0 Å². The standard InChI is InChI=1S/C16H25N3O2/c1-16(2,3)21-15(20)19-10-7-14(12-19)18(4)11-13-5-8-17-9-6-13/h5-6,8-9,14H,7,10-12H2,1-4H3. The van der Waals surface area contributed by atoms with Crippen LogP contribution in [-0.4, -0.2) is 52.7 Å². The first-order chi connectivity index (χ1) is 9.85. The minimum Gasteiger partial charge on any atom is -0.444 e. The molecule has 0 radical (unpaired) electrons. The van der Waals surface area contributed by atoms with Gasteiger partial charge in [-0.05, 0) is 51.9 Å². The minimum absolute atomic E-state index is 0.206. The lowest BCUT2D eigenvalue weighted by atomic mass is 10.2. The van der Waals surface area contributed by atoms with Gasteiger partial charge in [-0.25, -0.2) is 4.79 Å². The van der Waals surface area contributed by atoms with Gasteiger partial charge in [-0.15, -0.1) is 0 Å². The van der Waals surface area contributed by atoms with E-state index in [4.69, 9.17) is 4.74 Å². The molecule has 21 heavy (non-hydrogen) atoms. The van der Waals surface area contributed by atoms with Gasteiger partial charge in [0, 0.05) is 38.1 Å². The Labute approximate surface area is 126 Å². The number of pyridine rings is 1. The first-order valence-electron chi connectivity index (χ1n) is 7.42. The van der Waals surface area contributed by atoms with Crippen LogP contribution >= 0.6 is 0 Å². The van der Waals surface area contributed by atoms with Gasteiger partial charge in [-0.2, -0.15) is 0 Å². The summed E-state index contributed by atoms with van der Waals surface area (Å²) >= 11 is 0. The van der Waals surface area contributed by atoms with Crippen LogP contribution in [0.2, 0.25) is 0 Å². The smallest absolute Gasteiger partial charge is 0.410 e. The van der Waals surface area contributed by atoms with Crippen molar-refractivity contribution in [3.8, 4) is 0 Å². The van der Waals surface area contributed by atoms with E-state index in [0.717, 1.165) is 26.1 Å². The number of ether oxygens (including phenoxy) is 1. The Balaban J connectivity index is 1.86. The van der Waals surface area contributed by atoms with E-state index >= 15 is 0 Å². The zero-order valence-electron chi connectivity index (χ0n) is 13.4. The molecule has 116 valence electrons. The van der Waals surface area contributed by atoms with Gasteiger partial charge in [-0.3, -0.25) is 9.88 Å². The lowest BCUT2D eigenvalue weighted by molar-refractivity contribution is 0.0282. The number of nitrogens with zero attached hydrogens (tertiary/aromatic N) is 3. The number of amides is 1. The molecule has 0 aliphatic carbocycles. The van der Waals surface area contributed by atoms with Gasteiger partial charge in [0.1, 0.15) is 5.60 Å². The largest absolute Gasteiger partial charge is 0.444 e. The molecule has 1 amide bonds. The maximum absolute atomic E-state index is 12.1. The van der Waals surface area contributed by atoms with Crippen LogP contribution in [0.5, 0.6) is 0 Å². The Kier molecular flexibility index (Phi) is 4.83. The molecule has 1 aromatic heterocycles. The van der Waals surface area contributed by atoms with Gasteiger partial charge in [0.15, 0.2) is 0 Å². The summed E-state index contributed by atoms with van der Waals surface area (Å²) in [7, 11) is 2.10. The summed E-state index contributed by atoms with van der Waals surface area (Å²) in [4.78, 5) is 20.2. The maximum Gasteiger partial charge on any atom is 0.410 e. The highest BCUT2D eigenvalue weighted by Crippen LogP contribution is 2.19. The van der Waals surface area contributed by atoms with Crippen molar-refractivity contribution in [2.45, 2.75) is 45.4 Å². The predicted molar refractivity (Wildman–Crippen MR) is 81.9 cm³/mol. The number of carbonyl (C=O) groups is 1. The van der Waals surface area contributed by atoms with E-state index in [2.05, 4.69) is 16.9 Å². The summed E-state index contributed by atoms with van der Waals surface area (Å²) in [6, 6.07) is 4.43. The second kappa shape index (κ2) is 6.43. The normalized spacial score (nSPS) is 19.1. The van der Waals surface area contributed by atoms with Crippen molar-refractivity contribution in [2.75, 3.05) is 20.1 Å². The van der Waals surface area contributed by atoms with E-state index in [0.29, 0.717) is 6.04 Å². The highest BCUT2D eigenvalue weighted by atomic mass is 16.6. The summed E-state index contributed by atoms with van der Waals surface area (Å²) in [5, 5.41) is 0. The van der Waals surface area contributed by atoms with Crippen molar-refractivity contribution in [1.82, 2.24) is 14.8 Å². The van der Waals surface area contributed by atoms with Crippen molar-refractivity contribution in [3.63, 3.8) is 0 Å². The Morgan fingerprint density at radius 1 is 1.43 bits per heavy atom. The molecule has 1 aliphatic rings. The van der Waals surface area contributed by atoms with E-state index in [1.165, 1.54) is 5.56 Å². The number of likely N-dealkylation sites (tertiary alicyclic amines) is 1. The molecule has 5 nitrogen and oxygen atoms in total. The highest BCUT2D eigenvalue weighted by Gasteiger charge is 2.31. The molecule has 1 atom stereocenters. The molecule has 0 N–H and O–H groups in total. The SMILES string of the molecule is CN(Cc1ccncc1)C1CCN(C(=O)OC(C)(C)C)C1. The number of rotatable bonds is 3. The second-order valence-electron chi connectivity index (χ2n) is 6.64. The van der Waals surface area contributed by atoms with Crippen LogP contribution in [0, 0.1) is 0 Å². The zero-order chi connectivity index (χ0) is 15.5. The van der Waals surface area contributed by atoms with Crippen molar-refractivity contribution in [3.05, 3.63) is 30.1 Å². The van der Waals surface area contributed by atoms with E-state index in [1.54, 1.807) is 4.90 Å². The average Bonchev–Trinajstić information content (AvgIpc) is 2.87. The van der Waals surface area contributed by atoms with Crippen LogP contribution < -0.4 is 0 Å². The molecule has 1 unspecified atom stereocenters. The van der Waals surface area contributed by atoms with E-state index in [-0.39, 0.29) is 6.09 Å². The Morgan fingerprint density at radius 2 is 2.10 bits per heavy atom. The monoisotopic (exact) mass is 291 g/mol. The highest BCUT2D eigenvalue weighted by molar-refractivity contribution is 5.68. The van der Waals surface area contributed by atoms with Crippen LogP contribution in [0.1, 0.15) is 32.8 Å². The summed E-state index contributed by atoms with van der Waals surface area (Å²) in [5.74, 6) is 0. The van der Waals surface area contributed by atoms with E-state index in [9.17, 15) is 4.79 Å². The maximum atomic E-state index is 12.1. The number of likely N-dealkylation sites (N-methyl/N-ethyl adjacent to an activating group) is 1. The first-order valence-corrected chi connectivity index (χ1v) is 7.42. The zero-order valence-corrected chi connectivity index (χ0v) is 13.4. The van der Waals surface area contributed by atoms with Crippen LogP contribution in [-0.2, 0) is 11.3 Å². The van der Waals surface area contributed by atoms with E-state index < -0.39 is 5.60 Å². The summed E-state index contributed by atoms with van der Waals surface area (Å²) < 4.78 is 5.43. The van der Waals surface area contributed by atoms with Crippen molar-refractivity contribution >= 4 is 6.09 Å². The van der Waals surface area contributed by atoms with Crippen molar-refractivity contribution in [2.24, 2.45) is 0 Å². The minimum atomic E-state index is -0.432. The van der Waals surface area contributed by atoms with Crippen LogP contribution in [0.15, 0.2) is 24.5 Å². The summed E-state index contributed by atoms with van der Waals surface area (Å²) in [6.45, 7) is 8.06. The van der Waals surface area contributed by atoms with Gasteiger partial charge in [0.05, 0.1) is 0 Å². The molecule has 0 aromatic carbocycles. The topological polar surface area (TPSA) is 45.7 Å². The van der Waals surface area contributed by atoms with Gasteiger partial charge in [0.2, 0.25) is 0 Å². The summed E-state index contributed by atoms with van der Waals surface area (Å²) in [5.41, 5.74) is 0.807.